The lowest BCUT2D eigenvalue weighted by Crippen LogP contribution is -3.00. The van der Waals surface area contributed by atoms with Gasteiger partial charge in [0.2, 0.25) is 0 Å². The van der Waals surface area contributed by atoms with E-state index in [1.165, 1.54) is 11.1 Å². The molecule has 0 atom stereocenters. The Balaban J connectivity index is 0.000000980. The molecule has 3 heteroatoms. The normalized spacial score (nSPS) is 18.1. The standard InChI is InChI=1S/C11H15NO.ClH/c1-12(2)6-5-9-7-11(13)4-3-10(9)8-12;/h3-4,7H,5-6,8H2,1-2H3;1H. The molecule has 1 aromatic carbocycles. The molecule has 1 aliphatic heterocycles. The molecule has 2 nitrogen and oxygen atoms in total. The van der Waals surface area contributed by atoms with Crippen LogP contribution >= 0.6 is 0 Å². The van der Waals surface area contributed by atoms with E-state index in [-0.39, 0.29) is 12.4 Å². The van der Waals surface area contributed by atoms with Gasteiger partial charge in [0.25, 0.3) is 0 Å². The summed E-state index contributed by atoms with van der Waals surface area (Å²) >= 11 is 0. The minimum atomic E-state index is 0. The zero-order valence-electron chi connectivity index (χ0n) is 8.63. The number of likely N-dealkylation sites (N-methyl/N-ethyl adjacent to an activating group) is 1. The molecule has 0 amide bonds. The molecule has 0 saturated heterocycles. The largest absolute Gasteiger partial charge is 1.00 e. The van der Waals surface area contributed by atoms with Crippen LogP contribution in [-0.4, -0.2) is 30.2 Å². The van der Waals surface area contributed by atoms with Crippen molar-refractivity contribution >= 4 is 0 Å². The number of halogens is 1. The van der Waals surface area contributed by atoms with E-state index >= 15 is 0 Å². The maximum absolute atomic E-state index is 9.31. The summed E-state index contributed by atoms with van der Waals surface area (Å²) in [5, 5.41) is 9.31. The second-order valence-electron chi connectivity index (χ2n) is 4.52. The Morgan fingerprint density at radius 2 is 1.93 bits per heavy atom. The Morgan fingerprint density at radius 1 is 1.21 bits per heavy atom. The number of nitrogens with zero attached hydrogens (tertiary/aromatic N) is 1. The van der Waals surface area contributed by atoms with Crippen LogP contribution in [0.5, 0.6) is 5.75 Å². The molecule has 1 aromatic rings. The summed E-state index contributed by atoms with van der Waals surface area (Å²) < 4.78 is 1.05. The Kier molecular flexibility index (Phi) is 3.07. The molecule has 0 aliphatic carbocycles. The Hall–Kier alpha value is -0.730. The van der Waals surface area contributed by atoms with E-state index < -0.39 is 0 Å². The number of aromatic hydroxyl groups is 1. The molecule has 0 fully saturated rings. The minimum absolute atomic E-state index is 0. The topological polar surface area (TPSA) is 20.2 Å². The van der Waals surface area contributed by atoms with Crippen molar-refractivity contribution in [3.05, 3.63) is 29.3 Å². The van der Waals surface area contributed by atoms with Crippen LogP contribution in [0.3, 0.4) is 0 Å². The SMILES string of the molecule is C[N+]1(C)CCc2cc(O)ccc2C1.[Cl-]. The average molecular weight is 214 g/mol. The molecular formula is C11H16ClNO. The first-order valence-electron chi connectivity index (χ1n) is 4.70. The van der Waals surface area contributed by atoms with Gasteiger partial charge < -0.3 is 22.0 Å². The third-order valence-electron chi connectivity index (χ3n) is 2.77. The van der Waals surface area contributed by atoms with E-state index in [2.05, 4.69) is 14.1 Å². The lowest BCUT2D eigenvalue weighted by atomic mass is 9.98. The summed E-state index contributed by atoms with van der Waals surface area (Å²) in [4.78, 5) is 0. The highest BCUT2D eigenvalue weighted by atomic mass is 35.5. The van der Waals surface area contributed by atoms with Crippen LogP contribution in [0.2, 0.25) is 0 Å². The Labute approximate surface area is 91.2 Å². The van der Waals surface area contributed by atoms with Gasteiger partial charge in [-0.05, 0) is 23.8 Å². The van der Waals surface area contributed by atoms with Gasteiger partial charge in [0, 0.05) is 12.0 Å². The highest BCUT2D eigenvalue weighted by Gasteiger charge is 2.23. The van der Waals surface area contributed by atoms with E-state index in [9.17, 15) is 5.11 Å². The Bertz CT molecular complexity index is 336. The number of phenols is 1. The van der Waals surface area contributed by atoms with Crippen LogP contribution in [0.15, 0.2) is 18.2 Å². The molecule has 14 heavy (non-hydrogen) atoms. The molecule has 1 N–H and O–H groups in total. The van der Waals surface area contributed by atoms with Gasteiger partial charge in [-0.25, -0.2) is 0 Å². The first-order valence-corrected chi connectivity index (χ1v) is 4.70. The van der Waals surface area contributed by atoms with Crippen LogP contribution in [0.25, 0.3) is 0 Å². The van der Waals surface area contributed by atoms with Crippen LogP contribution < -0.4 is 12.4 Å². The summed E-state index contributed by atoms with van der Waals surface area (Å²) in [6, 6.07) is 5.72. The second kappa shape index (κ2) is 3.79. The van der Waals surface area contributed by atoms with Crippen molar-refractivity contribution in [3.63, 3.8) is 0 Å². The summed E-state index contributed by atoms with van der Waals surface area (Å²) in [5.74, 6) is 0.394. The summed E-state index contributed by atoms with van der Waals surface area (Å²) in [7, 11) is 4.49. The van der Waals surface area contributed by atoms with Crippen LogP contribution in [0.1, 0.15) is 11.1 Å². The van der Waals surface area contributed by atoms with E-state index in [0.29, 0.717) is 5.75 Å². The molecule has 2 rings (SSSR count). The van der Waals surface area contributed by atoms with Crippen LogP contribution in [0.4, 0.5) is 0 Å². The van der Waals surface area contributed by atoms with E-state index in [4.69, 9.17) is 0 Å². The lowest BCUT2D eigenvalue weighted by Gasteiger charge is -2.34. The van der Waals surface area contributed by atoms with Crippen molar-refractivity contribution in [2.24, 2.45) is 0 Å². The van der Waals surface area contributed by atoms with E-state index in [1.54, 1.807) is 6.07 Å². The average Bonchev–Trinajstić information content (AvgIpc) is 2.05. The third-order valence-corrected chi connectivity index (χ3v) is 2.77. The zero-order chi connectivity index (χ0) is 9.47. The number of hydrogen-bond donors (Lipinski definition) is 1. The van der Waals surface area contributed by atoms with Gasteiger partial charge in [-0.3, -0.25) is 0 Å². The third kappa shape index (κ3) is 2.20. The molecule has 0 aromatic heterocycles. The van der Waals surface area contributed by atoms with Gasteiger partial charge in [0.1, 0.15) is 12.3 Å². The van der Waals surface area contributed by atoms with Crippen molar-refractivity contribution in [3.8, 4) is 5.75 Å². The second-order valence-corrected chi connectivity index (χ2v) is 4.52. The molecule has 1 aliphatic rings. The van der Waals surface area contributed by atoms with E-state index in [1.807, 2.05) is 12.1 Å². The summed E-state index contributed by atoms with van der Waals surface area (Å²) in [6.45, 7) is 2.24. The van der Waals surface area contributed by atoms with Crippen molar-refractivity contribution in [1.29, 1.82) is 0 Å². The fraction of sp³-hybridized carbons (Fsp3) is 0.455. The predicted molar refractivity (Wildman–Crippen MR) is 52.5 cm³/mol. The molecule has 0 unspecified atom stereocenters. The van der Waals surface area contributed by atoms with Gasteiger partial charge in [-0.15, -0.1) is 0 Å². The van der Waals surface area contributed by atoms with Gasteiger partial charge in [-0.2, -0.15) is 0 Å². The fourth-order valence-corrected chi connectivity index (χ4v) is 1.96. The van der Waals surface area contributed by atoms with Crippen molar-refractivity contribution in [1.82, 2.24) is 0 Å². The van der Waals surface area contributed by atoms with E-state index in [0.717, 1.165) is 24.0 Å². The Morgan fingerprint density at radius 3 is 2.64 bits per heavy atom. The van der Waals surface area contributed by atoms with Crippen LogP contribution in [0, 0.1) is 0 Å². The van der Waals surface area contributed by atoms with Crippen molar-refractivity contribution in [2.75, 3.05) is 20.6 Å². The predicted octanol–water partition coefficient (Wildman–Crippen LogP) is -1.47. The number of fused-ring (bicyclic) bond motifs is 1. The van der Waals surface area contributed by atoms with Crippen molar-refractivity contribution < 1.29 is 22.0 Å². The molecule has 0 saturated carbocycles. The fourth-order valence-electron chi connectivity index (χ4n) is 1.96. The van der Waals surface area contributed by atoms with Crippen molar-refractivity contribution in [2.45, 2.75) is 13.0 Å². The molecule has 0 radical (unpaired) electrons. The molecule has 0 spiro atoms. The highest BCUT2D eigenvalue weighted by Crippen LogP contribution is 2.24. The smallest absolute Gasteiger partial charge is 0.115 e. The molecular weight excluding hydrogens is 198 g/mol. The highest BCUT2D eigenvalue weighted by molar-refractivity contribution is 5.35. The number of hydrogen-bond acceptors (Lipinski definition) is 1. The molecule has 1 heterocycles. The monoisotopic (exact) mass is 213 g/mol. The molecule has 0 bridgehead atoms. The van der Waals surface area contributed by atoms with Gasteiger partial charge >= 0.3 is 0 Å². The lowest BCUT2D eigenvalue weighted by molar-refractivity contribution is -0.905. The number of rotatable bonds is 0. The first kappa shape index (κ1) is 11.3. The van der Waals surface area contributed by atoms with Crippen LogP contribution in [-0.2, 0) is 13.0 Å². The number of phenolic OH excluding ortho intramolecular Hbond substituents is 1. The maximum Gasteiger partial charge on any atom is 0.115 e. The van der Waals surface area contributed by atoms with Gasteiger partial charge in [0.05, 0.1) is 20.6 Å². The molecule has 78 valence electrons. The minimum Gasteiger partial charge on any atom is -1.00 e. The first-order chi connectivity index (χ1) is 6.07. The maximum atomic E-state index is 9.31. The summed E-state index contributed by atoms with van der Waals surface area (Å²) in [6.07, 6.45) is 1.08. The number of quaternary nitrogens is 1. The number of benzene rings is 1. The van der Waals surface area contributed by atoms with Gasteiger partial charge in [0.15, 0.2) is 0 Å². The zero-order valence-corrected chi connectivity index (χ0v) is 9.38. The quantitative estimate of drug-likeness (QED) is 0.522. The summed E-state index contributed by atoms with van der Waals surface area (Å²) in [5.41, 5.74) is 2.70. The van der Waals surface area contributed by atoms with Gasteiger partial charge in [-0.1, -0.05) is 0 Å².